The summed E-state index contributed by atoms with van der Waals surface area (Å²) in [6.07, 6.45) is 0. The van der Waals surface area contributed by atoms with Crippen molar-refractivity contribution in [2.45, 2.75) is 0 Å². The van der Waals surface area contributed by atoms with E-state index in [1.807, 2.05) is 0 Å². The van der Waals surface area contributed by atoms with Gasteiger partial charge < -0.3 is 15.3 Å². The van der Waals surface area contributed by atoms with E-state index in [2.05, 4.69) is 10.2 Å². The first kappa shape index (κ1) is 14.5. The maximum Gasteiger partial charge on any atom is 0.339 e. The first-order chi connectivity index (χ1) is 11.1. The topological polar surface area (TPSA) is 102 Å². The van der Waals surface area contributed by atoms with E-state index < -0.39 is 5.97 Å². The number of hydrogen-bond donors (Lipinski definition) is 3. The number of carbonyl (C=O) groups is 1. The number of fused-ring (bicyclic) bond motifs is 1. The average molecular weight is 308 g/mol. The van der Waals surface area contributed by atoms with Crippen molar-refractivity contribution in [2.75, 3.05) is 0 Å². The maximum absolute atomic E-state index is 11.3. The summed E-state index contributed by atoms with van der Waals surface area (Å²) in [7, 11) is 0. The summed E-state index contributed by atoms with van der Waals surface area (Å²) >= 11 is 0. The van der Waals surface area contributed by atoms with Crippen LogP contribution in [0.2, 0.25) is 0 Å². The van der Waals surface area contributed by atoms with Gasteiger partial charge in [0.15, 0.2) is 0 Å². The van der Waals surface area contributed by atoms with Crippen LogP contribution >= 0.6 is 0 Å². The molecular formula is C17H12N2O4. The zero-order valence-corrected chi connectivity index (χ0v) is 11.8. The number of carboxylic acid groups (broad SMARTS) is 1. The normalized spacial score (nSPS) is 11.1. The highest BCUT2D eigenvalue weighted by molar-refractivity contribution is 6.05. The standard InChI is InChI=1S/C17H12N2O4/c20-15-8-4-3-7-13(15)18-19-14-9-12(17(22)23)16(21)11-6-2-1-5-10(11)14/h1-9,20-21H,(H,22,23). The molecule has 23 heavy (non-hydrogen) atoms. The molecule has 3 aromatic carbocycles. The van der Waals surface area contributed by atoms with Crippen molar-refractivity contribution in [2.24, 2.45) is 10.2 Å². The summed E-state index contributed by atoms with van der Waals surface area (Å²) in [5, 5.41) is 37.9. The lowest BCUT2D eigenvalue weighted by molar-refractivity contribution is 0.0694. The summed E-state index contributed by atoms with van der Waals surface area (Å²) in [5.74, 6) is -1.60. The highest BCUT2D eigenvalue weighted by Gasteiger charge is 2.16. The second-order valence-corrected chi connectivity index (χ2v) is 4.83. The molecule has 0 atom stereocenters. The van der Waals surface area contributed by atoms with Gasteiger partial charge in [0.1, 0.15) is 22.7 Å². The lowest BCUT2D eigenvalue weighted by Crippen LogP contribution is -1.97. The SMILES string of the molecule is O=C(O)c1cc(N=Nc2ccccc2O)c2ccccc2c1O. The molecule has 3 aromatic rings. The maximum atomic E-state index is 11.3. The molecule has 0 heterocycles. The molecule has 0 saturated heterocycles. The van der Waals surface area contributed by atoms with E-state index in [0.717, 1.165) is 0 Å². The van der Waals surface area contributed by atoms with Gasteiger partial charge in [0.25, 0.3) is 0 Å². The number of aromatic hydroxyl groups is 2. The molecule has 6 heteroatoms. The Morgan fingerprint density at radius 3 is 2.13 bits per heavy atom. The first-order valence-corrected chi connectivity index (χ1v) is 6.75. The Hall–Kier alpha value is -3.41. The summed E-state index contributed by atoms with van der Waals surface area (Å²) in [5.41, 5.74) is 0.301. The minimum atomic E-state index is -1.26. The zero-order chi connectivity index (χ0) is 16.4. The van der Waals surface area contributed by atoms with Crippen LogP contribution in [0, 0.1) is 0 Å². The van der Waals surface area contributed by atoms with E-state index in [-0.39, 0.29) is 22.7 Å². The number of rotatable bonds is 3. The number of phenolic OH excluding ortho intramolecular Hbond substituents is 1. The monoisotopic (exact) mass is 308 g/mol. The minimum absolute atomic E-state index is 0.0298. The number of aromatic carboxylic acids is 1. The summed E-state index contributed by atoms with van der Waals surface area (Å²) in [6.45, 7) is 0. The third kappa shape index (κ3) is 2.69. The number of carboxylic acids is 1. The van der Waals surface area contributed by atoms with Gasteiger partial charge >= 0.3 is 5.97 Å². The van der Waals surface area contributed by atoms with Crippen molar-refractivity contribution < 1.29 is 20.1 Å². The average Bonchev–Trinajstić information content (AvgIpc) is 2.55. The largest absolute Gasteiger partial charge is 0.506 e. The molecule has 114 valence electrons. The summed E-state index contributed by atoms with van der Waals surface area (Å²) < 4.78 is 0. The van der Waals surface area contributed by atoms with Crippen LogP contribution in [0.15, 0.2) is 64.8 Å². The Morgan fingerprint density at radius 1 is 0.826 bits per heavy atom. The number of azo groups is 1. The molecule has 0 bridgehead atoms. The van der Waals surface area contributed by atoms with E-state index in [0.29, 0.717) is 16.5 Å². The Kier molecular flexibility index (Phi) is 3.64. The molecule has 0 saturated carbocycles. The predicted octanol–water partition coefficient (Wildman–Crippen LogP) is 4.36. The van der Waals surface area contributed by atoms with Crippen molar-refractivity contribution in [3.8, 4) is 11.5 Å². The fourth-order valence-electron chi connectivity index (χ4n) is 2.24. The second kappa shape index (κ2) is 5.76. The lowest BCUT2D eigenvalue weighted by Gasteiger charge is -2.07. The minimum Gasteiger partial charge on any atom is -0.506 e. The van der Waals surface area contributed by atoms with E-state index in [9.17, 15) is 20.1 Å². The van der Waals surface area contributed by atoms with Crippen LogP contribution in [-0.2, 0) is 0 Å². The molecule has 0 spiro atoms. The number of para-hydroxylation sites is 1. The fraction of sp³-hybridized carbons (Fsp3) is 0. The van der Waals surface area contributed by atoms with Gasteiger partial charge in [-0.15, -0.1) is 10.2 Å². The van der Waals surface area contributed by atoms with Crippen LogP contribution in [0.3, 0.4) is 0 Å². The first-order valence-electron chi connectivity index (χ1n) is 6.75. The molecule has 0 radical (unpaired) electrons. The van der Waals surface area contributed by atoms with Crippen LogP contribution in [0.25, 0.3) is 10.8 Å². The number of benzene rings is 3. The molecule has 3 N–H and O–H groups in total. The molecule has 0 unspecified atom stereocenters. The molecule has 3 rings (SSSR count). The Balaban J connectivity index is 2.19. The molecule has 6 nitrogen and oxygen atoms in total. The third-order valence-corrected chi connectivity index (χ3v) is 3.37. The molecule has 0 aromatic heterocycles. The fourth-order valence-corrected chi connectivity index (χ4v) is 2.24. The smallest absolute Gasteiger partial charge is 0.339 e. The lowest BCUT2D eigenvalue weighted by atomic mass is 10.0. The van der Waals surface area contributed by atoms with E-state index in [1.54, 1.807) is 42.5 Å². The zero-order valence-electron chi connectivity index (χ0n) is 11.8. The number of nitrogens with zero attached hydrogens (tertiary/aromatic N) is 2. The van der Waals surface area contributed by atoms with Gasteiger partial charge in [-0.25, -0.2) is 4.79 Å². The van der Waals surface area contributed by atoms with Crippen LogP contribution in [0.4, 0.5) is 11.4 Å². The quantitative estimate of drug-likeness (QED) is 0.625. The Labute approximate surface area is 131 Å². The van der Waals surface area contributed by atoms with Gasteiger partial charge in [-0.2, -0.15) is 0 Å². The summed E-state index contributed by atoms with van der Waals surface area (Å²) in [6, 6.07) is 14.4. The van der Waals surface area contributed by atoms with E-state index >= 15 is 0 Å². The highest BCUT2D eigenvalue weighted by atomic mass is 16.4. The molecule has 0 aliphatic carbocycles. The van der Waals surface area contributed by atoms with Crippen molar-refractivity contribution in [1.82, 2.24) is 0 Å². The van der Waals surface area contributed by atoms with Crippen molar-refractivity contribution in [1.29, 1.82) is 0 Å². The highest BCUT2D eigenvalue weighted by Crippen LogP contribution is 2.37. The summed E-state index contributed by atoms with van der Waals surface area (Å²) in [4.78, 5) is 11.3. The van der Waals surface area contributed by atoms with E-state index in [1.165, 1.54) is 12.1 Å². The van der Waals surface area contributed by atoms with Crippen molar-refractivity contribution in [3.63, 3.8) is 0 Å². The van der Waals surface area contributed by atoms with E-state index in [4.69, 9.17) is 0 Å². The van der Waals surface area contributed by atoms with Gasteiger partial charge in [0.05, 0.1) is 5.69 Å². The molecule has 0 aliphatic rings. The van der Waals surface area contributed by atoms with Gasteiger partial charge in [-0.1, -0.05) is 36.4 Å². The Bertz CT molecular complexity index is 935. The Morgan fingerprint density at radius 2 is 1.43 bits per heavy atom. The molecular weight excluding hydrogens is 296 g/mol. The molecule has 0 fully saturated rings. The second-order valence-electron chi connectivity index (χ2n) is 4.83. The van der Waals surface area contributed by atoms with Crippen LogP contribution in [-0.4, -0.2) is 21.3 Å². The van der Waals surface area contributed by atoms with Crippen LogP contribution < -0.4 is 0 Å². The van der Waals surface area contributed by atoms with Gasteiger partial charge in [-0.3, -0.25) is 0 Å². The van der Waals surface area contributed by atoms with Gasteiger partial charge in [-0.05, 0) is 18.2 Å². The molecule has 0 aliphatic heterocycles. The predicted molar refractivity (Wildman–Crippen MR) is 84.9 cm³/mol. The van der Waals surface area contributed by atoms with Crippen LogP contribution in [0.1, 0.15) is 10.4 Å². The van der Waals surface area contributed by atoms with Gasteiger partial charge in [0.2, 0.25) is 0 Å². The molecule has 0 amide bonds. The van der Waals surface area contributed by atoms with Crippen molar-refractivity contribution >= 4 is 28.1 Å². The van der Waals surface area contributed by atoms with Crippen LogP contribution in [0.5, 0.6) is 11.5 Å². The van der Waals surface area contributed by atoms with Crippen molar-refractivity contribution in [3.05, 3.63) is 60.2 Å². The third-order valence-electron chi connectivity index (χ3n) is 3.37. The van der Waals surface area contributed by atoms with Gasteiger partial charge in [0, 0.05) is 10.8 Å². The number of phenols is 2. The number of hydrogen-bond acceptors (Lipinski definition) is 5.